The SMILES string of the molecule is CCNC(=NCc1ccsc1)NCCC(=O)Nc1cccc(C)n1.I. The van der Waals surface area contributed by atoms with Crippen molar-refractivity contribution >= 4 is 53.0 Å². The van der Waals surface area contributed by atoms with Gasteiger partial charge in [-0.3, -0.25) is 4.79 Å². The van der Waals surface area contributed by atoms with Gasteiger partial charge in [-0.25, -0.2) is 9.98 Å². The van der Waals surface area contributed by atoms with Crippen molar-refractivity contribution in [1.82, 2.24) is 15.6 Å². The van der Waals surface area contributed by atoms with Gasteiger partial charge in [0, 0.05) is 25.2 Å². The molecule has 3 N–H and O–H groups in total. The molecule has 0 spiro atoms. The van der Waals surface area contributed by atoms with Crippen molar-refractivity contribution in [3.63, 3.8) is 0 Å². The van der Waals surface area contributed by atoms with Crippen LogP contribution >= 0.6 is 35.3 Å². The number of aliphatic imine (C=N–C) groups is 1. The fourth-order valence-electron chi connectivity index (χ4n) is 2.01. The second-order valence-corrected chi connectivity index (χ2v) is 6.00. The van der Waals surface area contributed by atoms with Gasteiger partial charge in [0.1, 0.15) is 5.82 Å². The summed E-state index contributed by atoms with van der Waals surface area (Å²) in [5, 5.41) is 13.3. The standard InChI is InChI=1S/C17H23N5OS.HI/c1-3-18-17(20-11-14-8-10-24-12-14)19-9-7-16(23)22-15-6-4-5-13(2)21-15;/h4-6,8,10,12H,3,7,9,11H2,1-2H3,(H2,18,19,20)(H,21,22,23);1H. The number of thiophene rings is 1. The van der Waals surface area contributed by atoms with Gasteiger partial charge >= 0.3 is 0 Å². The van der Waals surface area contributed by atoms with Crippen molar-refractivity contribution in [3.8, 4) is 0 Å². The number of carbonyl (C=O) groups is 1. The molecule has 0 saturated heterocycles. The number of halogens is 1. The second kappa shape index (κ2) is 11.8. The van der Waals surface area contributed by atoms with Gasteiger partial charge in [-0.15, -0.1) is 24.0 Å². The summed E-state index contributed by atoms with van der Waals surface area (Å²) >= 11 is 1.66. The zero-order chi connectivity index (χ0) is 17.2. The largest absolute Gasteiger partial charge is 0.357 e. The van der Waals surface area contributed by atoms with Crippen molar-refractivity contribution < 1.29 is 4.79 Å². The van der Waals surface area contributed by atoms with Crippen LogP contribution in [-0.2, 0) is 11.3 Å². The lowest BCUT2D eigenvalue weighted by molar-refractivity contribution is -0.116. The third-order valence-corrected chi connectivity index (χ3v) is 3.88. The molecule has 2 aromatic rings. The Morgan fingerprint density at radius 2 is 2.12 bits per heavy atom. The van der Waals surface area contributed by atoms with Crippen LogP contribution in [0.1, 0.15) is 24.6 Å². The number of hydrogen-bond acceptors (Lipinski definition) is 4. The third kappa shape index (κ3) is 8.30. The lowest BCUT2D eigenvalue weighted by Gasteiger charge is -2.11. The number of rotatable bonds is 7. The number of guanidine groups is 1. The molecule has 2 rings (SSSR count). The van der Waals surface area contributed by atoms with Crippen LogP contribution in [0, 0.1) is 6.92 Å². The summed E-state index contributed by atoms with van der Waals surface area (Å²) in [5.74, 6) is 1.22. The highest BCUT2D eigenvalue weighted by atomic mass is 127. The van der Waals surface area contributed by atoms with Crippen LogP contribution in [-0.4, -0.2) is 29.9 Å². The van der Waals surface area contributed by atoms with Gasteiger partial charge in [-0.1, -0.05) is 6.07 Å². The van der Waals surface area contributed by atoms with Crippen LogP contribution in [0.2, 0.25) is 0 Å². The Hall–Kier alpha value is -1.68. The molecule has 2 heterocycles. The first kappa shape index (κ1) is 21.4. The summed E-state index contributed by atoms with van der Waals surface area (Å²) in [6, 6.07) is 7.60. The van der Waals surface area contributed by atoms with Crippen molar-refractivity contribution in [2.24, 2.45) is 4.99 Å². The Balaban J connectivity index is 0.00000312. The Bertz CT molecular complexity index is 675. The molecular weight excluding hydrogens is 449 g/mol. The van der Waals surface area contributed by atoms with E-state index in [9.17, 15) is 4.79 Å². The van der Waals surface area contributed by atoms with E-state index in [4.69, 9.17) is 0 Å². The maximum absolute atomic E-state index is 12.0. The quantitative estimate of drug-likeness (QED) is 0.328. The molecule has 0 saturated carbocycles. The summed E-state index contributed by atoms with van der Waals surface area (Å²) in [7, 11) is 0. The van der Waals surface area contributed by atoms with Gasteiger partial charge in [-0.2, -0.15) is 11.3 Å². The predicted molar refractivity (Wildman–Crippen MR) is 115 cm³/mol. The summed E-state index contributed by atoms with van der Waals surface area (Å²) < 4.78 is 0. The Morgan fingerprint density at radius 1 is 1.28 bits per heavy atom. The summed E-state index contributed by atoms with van der Waals surface area (Å²) in [4.78, 5) is 20.7. The van der Waals surface area contributed by atoms with Crippen molar-refractivity contribution in [3.05, 3.63) is 46.3 Å². The molecule has 25 heavy (non-hydrogen) atoms. The van der Waals surface area contributed by atoms with Gasteiger partial charge < -0.3 is 16.0 Å². The monoisotopic (exact) mass is 473 g/mol. The molecule has 1 amide bonds. The number of aryl methyl sites for hydroxylation is 1. The number of amides is 1. The highest BCUT2D eigenvalue weighted by Gasteiger charge is 2.04. The Labute approximate surface area is 169 Å². The van der Waals surface area contributed by atoms with Crippen LogP contribution in [0.4, 0.5) is 5.82 Å². The van der Waals surface area contributed by atoms with E-state index in [1.54, 1.807) is 17.4 Å². The number of pyridine rings is 1. The number of carbonyl (C=O) groups excluding carboxylic acids is 1. The summed E-state index contributed by atoms with van der Waals surface area (Å²) in [5.41, 5.74) is 2.06. The lowest BCUT2D eigenvalue weighted by atomic mass is 10.3. The predicted octanol–water partition coefficient (Wildman–Crippen LogP) is 3.15. The maximum atomic E-state index is 12.0. The smallest absolute Gasteiger partial charge is 0.227 e. The van der Waals surface area contributed by atoms with E-state index in [1.165, 1.54) is 5.56 Å². The molecule has 8 heteroatoms. The fourth-order valence-corrected chi connectivity index (χ4v) is 2.67. The second-order valence-electron chi connectivity index (χ2n) is 5.22. The van der Waals surface area contributed by atoms with E-state index >= 15 is 0 Å². The average Bonchev–Trinajstić information content (AvgIpc) is 3.06. The summed E-state index contributed by atoms with van der Waals surface area (Å²) in [6.07, 6.45) is 0.346. The zero-order valence-electron chi connectivity index (χ0n) is 14.4. The Morgan fingerprint density at radius 3 is 2.80 bits per heavy atom. The maximum Gasteiger partial charge on any atom is 0.227 e. The molecular formula is C17H24IN5OS. The first-order valence-electron chi connectivity index (χ1n) is 7.94. The van der Waals surface area contributed by atoms with Gasteiger partial charge in [0.05, 0.1) is 6.54 Å². The molecule has 0 aromatic carbocycles. The van der Waals surface area contributed by atoms with Gasteiger partial charge in [-0.05, 0) is 48.4 Å². The molecule has 2 aromatic heterocycles. The van der Waals surface area contributed by atoms with Crippen molar-refractivity contribution in [2.45, 2.75) is 26.8 Å². The van der Waals surface area contributed by atoms with Gasteiger partial charge in [0.2, 0.25) is 5.91 Å². The van der Waals surface area contributed by atoms with E-state index in [2.05, 4.69) is 37.4 Å². The van der Waals surface area contributed by atoms with E-state index in [1.807, 2.05) is 31.4 Å². The molecule has 0 aliphatic rings. The van der Waals surface area contributed by atoms with Gasteiger partial charge in [0.15, 0.2) is 5.96 Å². The molecule has 0 aliphatic heterocycles. The number of nitrogens with zero attached hydrogens (tertiary/aromatic N) is 2. The molecule has 0 atom stereocenters. The van der Waals surface area contributed by atoms with E-state index < -0.39 is 0 Å². The zero-order valence-corrected chi connectivity index (χ0v) is 17.6. The van der Waals surface area contributed by atoms with Crippen molar-refractivity contribution in [2.75, 3.05) is 18.4 Å². The van der Waals surface area contributed by atoms with Crippen LogP contribution in [0.5, 0.6) is 0 Å². The topological polar surface area (TPSA) is 78.4 Å². The first-order chi connectivity index (χ1) is 11.7. The molecule has 136 valence electrons. The number of anilines is 1. The number of nitrogens with one attached hydrogen (secondary N) is 3. The normalized spacial score (nSPS) is 10.7. The lowest BCUT2D eigenvalue weighted by Crippen LogP contribution is -2.38. The minimum absolute atomic E-state index is 0. The number of aromatic nitrogens is 1. The fraction of sp³-hybridized carbons (Fsp3) is 0.353. The van der Waals surface area contributed by atoms with E-state index in [0.717, 1.165) is 12.2 Å². The molecule has 0 bridgehead atoms. The molecule has 0 radical (unpaired) electrons. The minimum atomic E-state index is -0.0747. The first-order valence-corrected chi connectivity index (χ1v) is 8.88. The number of hydrogen-bond donors (Lipinski definition) is 3. The molecule has 6 nitrogen and oxygen atoms in total. The molecule has 0 aliphatic carbocycles. The minimum Gasteiger partial charge on any atom is -0.357 e. The summed E-state index contributed by atoms with van der Waals surface area (Å²) in [6.45, 7) is 5.81. The third-order valence-electron chi connectivity index (χ3n) is 3.14. The van der Waals surface area contributed by atoms with E-state index in [0.29, 0.717) is 31.3 Å². The molecule has 0 unspecified atom stereocenters. The average molecular weight is 473 g/mol. The van der Waals surface area contributed by atoms with Crippen molar-refractivity contribution in [1.29, 1.82) is 0 Å². The van der Waals surface area contributed by atoms with Crippen LogP contribution in [0.25, 0.3) is 0 Å². The van der Waals surface area contributed by atoms with Crippen LogP contribution in [0.3, 0.4) is 0 Å². The highest BCUT2D eigenvalue weighted by molar-refractivity contribution is 14.0. The van der Waals surface area contributed by atoms with E-state index in [-0.39, 0.29) is 29.9 Å². The molecule has 0 fully saturated rings. The highest BCUT2D eigenvalue weighted by Crippen LogP contribution is 2.07. The van der Waals surface area contributed by atoms with Crippen LogP contribution in [0.15, 0.2) is 40.0 Å². The van der Waals surface area contributed by atoms with Gasteiger partial charge in [0.25, 0.3) is 0 Å². The Kier molecular flexibility index (Phi) is 10.1. The van der Waals surface area contributed by atoms with Crippen LogP contribution < -0.4 is 16.0 Å².